The van der Waals surface area contributed by atoms with Crippen LogP contribution in [0.1, 0.15) is 22.8 Å². The maximum Gasteiger partial charge on any atom is 0.417 e. The predicted molar refractivity (Wildman–Crippen MR) is 112 cm³/mol. The molecule has 152 valence electrons. The summed E-state index contributed by atoms with van der Waals surface area (Å²) in [5.74, 6) is -0.791. The highest BCUT2D eigenvalue weighted by molar-refractivity contribution is 6.06. The quantitative estimate of drug-likeness (QED) is 0.406. The number of nitrogens with one attached hydrogen (secondary N) is 1. The number of nitrogens with zero attached hydrogens (tertiary/aromatic N) is 1. The average Bonchev–Trinajstić information content (AvgIpc) is 3.11. The molecule has 0 spiro atoms. The molecule has 4 aromatic rings. The summed E-state index contributed by atoms with van der Waals surface area (Å²) in [5, 5.41) is 3.50. The van der Waals surface area contributed by atoms with Crippen LogP contribution in [0.5, 0.6) is 0 Å². The van der Waals surface area contributed by atoms with Gasteiger partial charge in [0, 0.05) is 28.8 Å². The lowest BCUT2D eigenvalue weighted by atomic mass is 10.1. The van der Waals surface area contributed by atoms with Crippen molar-refractivity contribution >= 4 is 22.5 Å². The van der Waals surface area contributed by atoms with Gasteiger partial charge in [0.25, 0.3) is 5.91 Å². The minimum absolute atomic E-state index is 0.402. The zero-order valence-corrected chi connectivity index (χ0v) is 16.2. The molecule has 30 heavy (non-hydrogen) atoms. The smallest absolute Gasteiger partial charge is 0.341 e. The van der Waals surface area contributed by atoms with E-state index >= 15 is 0 Å². The number of hydrogen-bond acceptors (Lipinski definition) is 1. The molecule has 0 saturated heterocycles. The van der Waals surface area contributed by atoms with E-state index in [9.17, 15) is 18.0 Å². The van der Waals surface area contributed by atoms with E-state index in [0.717, 1.165) is 34.8 Å². The summed E-state index contributed by atoms with van der Waals surface area (Å²) in [6.07, 6.45) is -4.60. The zero-order valence-electron chi connectivity index (χ0n) is 16.2. The van der Waals surface area contributed by atoms with E-state index in [1.807, 2.05) is 42.5 Å². The summed E-state index contributed by atoms with van der Waals surface area (Å²) in [6, 6.07) is 22.1. The highest BCUT2D eigenvalue weighted by Gasteiger charge is 2.34. The molecule has 0 aliphatic rings. The van der Waals surface area contributed by atoms with Crippen LogP contribution in [0.3, 0.4) is 0 Å². The number of halogens is 3. The topological polar surface area (TPSA) is 34.0 Å². The Hall–Kier alpha value is -3.54. The van der Waals surface area contributed by atoms with Crippen LogP contribution in [0.2, 0.25) is 0 Å². The molecular formula is C24H19F3N2O. The Balaban J connectivity index is 1.69. The number of hydrogen-bond donors (Lipinski definition) is 1. The molecule has 0 atom stereocenters. The van der Waals surface area contributed by atoms with Crippen molar-refractivity contribution in [1.82, 2.24) is 4.57 Å². The Labute approximate surface area is 171 Å². The van der Waals surface area contributed by atoms with Crippen LogP contribution in [0.4, 0.5) is 18.9 Å². The van der Waals surface area contributed by atoms with Gasteiger partial charge in [0.2, 0.25) is 0 Å². The van der Waals surface area contributed by atoms with E-state index in [0.29, 0.717) is 5.69 Å². The normalized spacial score (nSPS) is 11.6. The van der Waals surface area contributed by atoms with Gasteiger partial charge in [-0.05, 0) is 48.9 Å². The molecule has 1 N–H and O–H groups in total. The van der Waals surface area contributed by atoms with E-state index in [2.05, 4.69) is 16.8 Å². The molecule has 0 aliphatic heterocycles. The molecule has 0 bridgehead atoms. The summed E-state index contributed by atoms with van der Waals surface area (Å²) in [6.45, 7) is 2.81. The third-order valence-electron chi connectivity index (χ3n) is 5.02. The van der Waals surface area contributed by atoms with Gasteiger partial charge in [-0.3, -0.25) is 4.79 Å². The standard InChI is InChI=1S/C24H19F3N2O/c1-2-29-21-13-12-18(14-17(21)15-22(29)16-8-4-3-5-9-16)28-23(30)19-10-6-7-11-20(19)24(25,26)27/h3-15H,2H2,1H3,(H,28,30). The number of aromatic nitrogens is 1. The highest BCUT2D eigenvalue weighted by atomic mass is 19.4. The van der Waals surface area contributed by atoms with Crippen LogP contribution in [0.15, 0.2) is 78.9 Å². The fraction of sp³-hybridized carbons (Fsp3) is 0.125. The number of anilines is 1. The van der Waals surface area contributed by atoms with Crippen molar-refractivity contribution in [2.75, 3.05) is 5.32 Å². The Morgan fingerprint density at radius 1 is 0.933 bits per heavy atom. The van der Waals surface area contributed by atoms with E-state index < -0.39 is 23.2 Å². The molecule has 1 aromatic heterocycles. The van der Waals surface area contributed by atoms with Gasteiger partial charge in [-0.25, -0.2) is 0 Å². The second-order valence-electron chi connectivity index (χ2n) is 6.91. The first kappa shape index (κ1) is 19.8. The molecule has 1 amide bonds. The van der Waals surface area contributed by atoms with Gasteiger partial charge in [0.1, 0.15) is 0 Å². The van der Waals surface area contributed by atoms with Crippen LogP contribution in [-0.2, 0) is 12.7 Å². The third kappa shape index (κ3) is 3.68. The van der Waals surface area contributed by atoms with Gasteiger partial charge in [0.05, 0.1) is 11.1 Å². The molecular weight excluding hydrogens is 389 g/mol. The van der Waals surface area contributed by atoms with Crippen molar-refractivity contribution < 1.29 is 18.0 Å². The van der Waals surface area contributed by atoms with Crippen LogP contribution in [0, 0.1) is 0 Å². The summed E-state index contributed by atoms with van der Waals surface area (Å²) < 4.78 is 41.8. The SMILES string of the molecule is CCn1c(-c2ccccc2)cc2cc(NC(=O)c3ccccc3C(F)(F)F)ccc21. The molecule has 0 saturated carbocycles. The largest absolute Gasteiger partial charge is 0.417 e. The maximum atomic E-state index is 13.2. The lowest BCUT2D eigenvalue weighted by molar-refractivity contribution is -0.137. The summed E-state index contributed by atoms with van der Waals surface area (Å²) in [5.41, 5.74) is 2.19. The fourth-order valence-corrected chi connectivity index (χ4v) is 3.66. The van der Waals surface area contributed by atoms with E-state index in [-0.39, 0.29) is 0 Å². The summed E-state index contributed by atoms with van der Waals surface area (Å²) in [7, 11) is 0. The first-order valence-electron chi connectivity index (χ1n) is 9.55. The molecule has 3 nitrogen and oxygen atoms in total. The lowest BCUT2D eigenvalue weighted by Gasteiger charge is -2.13. The number of rotatable bonds is 4. The monoisotopic (exact) mass is 408 g/mol. The second kappa shape index (κ2) is 7.71. The Morgan fingerprint density at radius 3 is 2.33 bits per heavy atom. The Morgan fingerprint density at radius 2 is 1.63 bits per heavy atom. The van der Waals surface area contributed by atoms with Gasteiger partial charge in [-0.1, -0.05) is 42.5 Å². The molecule has 1 heterocycles. The van der Waals surface area contributed by atoms with Gasteiger partial charge in [-0.2, -0.15) is 13.2 Å². The van der Waals surface area contributed by atoms with Gasteiger partial charge in [-0.15, -0.1) is 0 Å². The maximum absolute atomic E-state index is 13.2. The van der Waals surface area contributed by atoms with Gasteiger partial charge >= 0.3 is 6.18 Å². The molecule has 3 aromatic carbocycles. The molecule has 0 aliphatic carbocycles. The number of alkyl halides is 3. The van der Waals surface area contributed by atoms with E-state index in [4.69, 9.17) is 0 Å². The van der Waals surface area contributed by atoms with Crippen LogP contribution >= 0.6 is 0 Å². The molecule has 0 radical (unpaired) electrons. The van der Waals surface area contributed by atoms with Crippen LogP contribution in [0.25, 0.3) is 22.2 Å². The van der Waals surface area contributed by atoms with E-state index in [1.165, 1.54) is 18.2 Å². The minimum Gasteiger partial charge on any atom is -0.341 e. The predicted octanol–water partition coefficient (Wildman–Crippen LogP) is 6.60. The summed E-state index contributed by atoms with van der Waals surface area (Å²) in [4.78, 5) is 12.6. The number of amides is 1. The van der Waals surface area contributed by atoms with E-state index in [1.54, 1.807) is 12.1 Å². The van der Waals surface area contributed by atoms with Crippen molar-refractivity contribution in [1.29, 1.82) is 0 Å². The third-order valence-corrected chi connectivity index (χ3v) is 5.02. The fourth-order valence-electron chi connectivity index (χ4n) is 3.66. The summed E-state index contributed by atoms with van der Waals surface area (Å²) >= 11 is 0. The molecule has 0 fully saturated rings. The first-order valence-corrected chi connectivity index (χ1v) is 9.55. The molecule has 6 heteroatoms. The first-order chi connectivity index (χ1) is 14.4. The number of carbonyl (C=O) groups excluding carboxylic acids is 1. The zero-order chi connectivity index (χ0) is 21.3. The minimum atomic E-state index is -4.60. The Kier molecular flexibility index (Phi) is 5.08. The number of benzene rings is 3. The lowest BCUT2D eigenvalue weighted by Crippen LogP contribution is -2.18. The van der Waals surface area contributed by atoms with Crippen LogP contribution < -0.4 is 5.32 Å². The number of carbonyl (C=O) groups is 1. The van der Waals surface area contributed by atoms with Crippen molar-refractivity contribution in [3.05, 3.63) is 90.0 Å². The Bertz CT molecular complexity index is 1210. The molecule has 0 unspecified atom stereocenters. The van der Waals surface area contributed by atoms with Crippen molar-refractivity contribution in [3.8, 4) is 11.3 Å². The second-order valence-corrected chi connectivity index (χ2v) is 6.91. The van der Waals surface area contributed by atoms with Crippen LogP contribution in [-0.4, -0.2) is 10.5 Å². The van der Waals surface area contributed by atoms with Crippen molar-refractivity contribution in [2.24, 2.45) is 0 Å². The van der Waals surface area contributed by atoms with Gasteiger partial charge < -0.3 is 9.88 Å². The average molecular weight is 408 g/mol. The molecule has 4 rings (SSSR count). The van der Waals surface area contributed by atoms with Gasteiger partial charge in [0.15, 0.2) is 0 Å². The number of aryl methyl sites for hydroxylation is 1. The number of fused-ring (bicyclic) bond motifs is 1. The van der Waals surface area contributed by atoms with Crippen molar-refractivity contribution in [2.45, 2.75) is 19.6 Å². The van der Waals surface area contributed by atoms with Crippen molar-refractivity contribution in [3.63, 3.8) is 0 Å². The highest BCUT2D eigenvalue weighted by Crippen LogP contribution is 2.33.